The quantitative estimate of drug-likeness (QED) is 0.652. The molecule has 19 heavy (non-hydrogen) atoms. The van der Waals surface area contributed by atoms with Crippen LogP contribution in [0.1, 0.15) is 28.4 Å². The van der Waals surface area contributed by atoms with Gasteiger partial charge in [-0.1, -0.05) is 66.7 Å². The van der Waals surface area contributed by atoms with Gasteiger partial charge in [-0.25, -0.2) is 0 Å². The number of rotatable bonds is 5. The molecule has 0 aliphatic heterocycles. The van der Waals surface area contributed by atoms with Crippen LogP contribution < -0.4 is 0 Å². The number of benzene rings is 2. The summed E-state index contributed by atoms with van der Waals surface area (Å²) in [6, 6.07) is 18.5. The van der Waals surface area contributed by atoms with Crippen molar-refractivity contribution in [3.63, 3.8) is 0 Å². The van der Waals surface area contributed by atoms with Crippen LogP contribution in [-0.2, 0) is 0 Å². The molecule has 0 amide bonds. The molecule has 0 fully saturated rings. The van der Waals surface area contributed by atoms with E-state index in [9.17, 15) is 9.90 Å². The maximum absolute atomic E-state index is 11.8. The van der Waals surface area contributed by atoms with Crippen LogP contribution in [0.2, 0.25) is 0 Å². The summed E-state index contributed by atoms with van der Waals surface area (Å²) in [5, 5.41) is 9.94. The molecule has 0 saturated heterocycles. The Hall–Kier alpha value is -2.19. The van der Waals surface area contributed by atoms with Gasteiger partial charge in [0, 0.05) is 5.56 Å². The van der Waals surface area contributed by atoms with E-state index in [1.54, 1.807) is 18.2 Å². The fourth-order valence-corrected chi connectivity index (χ4v) is 1.81. The summed E-state index contributed by atoms with van der Waals surface area (Å²) >= 11 is 0. The molecule has 1 unspecified atom stereocenters. The Kier molecular flexibility index (Phi) is 4.65. The summed E-state index contributed by atoms with van der Waals surface area (Å²) in [6.45, 7) is 0. The van der Waals surface area contributed by atoms with Gasteiger partial charge in [0.25, 0.3) is 0 Å². The van der Waals surface area contributed by atoms with Gasteiger partial charge in [-0.3, -0.25) is 4.79 Å². The average Bonchev–Trinajstić information content (AvgIpc) is 2.49. The van der Waals surface area contributed by atoms with Gasteiger partial charge in [0.05, 0.1) is 6.10 Å². The van der Waals surface area contributed by atoms with Crippen LogP contribution in [0.4, 0.5) is 0 Å². The van der Waals surface area contributed by atoms with E-state index in [4.69, 9.17) is 0 Å². The molecule has 96 valence electrons. The molecule has 0 spiro atoms. The van der Waals surface area contributed by atoms with Crippen LogP contribution >= 0.6 is 0 Å². The summed E-state index contributed by atoms with van der Waals surface area (Å²) in [5.41, 5.74) is 1.52. The molecule has 0 aliphatic rings. The van der Waals surface area contributed by atoms with E-state index in [0.29, 0.717) is 12.0 Å². The Morgan fingerprint density at radius 1 is 1.00 bits per heavy atom. The molecule has 0 saturated carbocycles. The van der Waals surface area contributed by atoms with E-state index in [1.807, 2.05) is 48.5 Å². The van der Waals surface area contributed by atoms with E-state index in [0.717, 1.165) is 5.56 Å². The number of hydrogen-bond donors (Lipinski definition) is 1. The third kappa shape index (κ3) is 3.90. The number of hydrogen-bond acceptors (Lipinski definition) is 2. The minimum absolute atomic E-state index is 0.0409. The number of carbonyl (C=O) groups is 1. The largest absolute Gasteiger partial charge is 0.388 e. The van der Waals surface area contributed by atoms with Crippen LogP contribution in [0.25, 0.3) is 0 Å². The molecule has 0 heterocycles. The van der Waals surface area contributed by atoms with E-state index in [1.165, 1.54) is 6.08 Å². The van der Waals surface area contributed by atoms with Gasteiger partial charge in [-0.2, -0.15) is 0 Å². The molecule has 0 aromatic heterocycles. The molecular weight excluding hydrogens is 236 g/mol. The lowest BCUT2D eigenvalue weighted by Gasteiger charge is -2.07. The summed E-state index contributed by atoms with van der Waals surface area (Å²) in [7, 11) is 0. The van der Waals surface area contributed by atoms with Gasteiger partial charge < -0.3 is 5.11 Å². The zero-order valence-electron chi connectivity index (χ0n) is 10.6. The first-order chi connectivity index (χ1) is 9.27. The Morgan fingerprint density at radius 3 is 2.21 bits per heavy atom. The molecule has 2 aromatic rings. The van der Waals surface area contributed by atoms with Crippen molar-refractivity contribution in [2.45, 2.75) is 12.5 Å². The van der Waals surface area contributed by atoms with E-state index in [2.05, 4.69) is 0 Å². The molecule has 0 radical (unpaired) electrons. The fourth-order valence-electron chi connectivity index (χ4n) is 1.81. The number of aliphatic hydroxyl groups excluding tert-OH is 1. The highest BCUT2D eigenvalue weighted by atomic mass is 16.3. The van der Waals surface area contributed by atoms with Crippen molar-refractivity contribution in [3.05, 3.63) is 83.9 Å². The third-order valence-corrected chi connectivity index (χ3v) is 2.87. The van der Waals surface area contributed by atoms with Gasteiger partial charge in [0.1, 0.15) is 0 Å². The number of allylic oxidation sites excluding steroid dienone is 1. The van der Waals surface area contributed by atoms with E-state index >= 15 is 0 Å². The normalized spacial score (nSPS) is 12.5. The zero-order valence-corrected chi connectivity index (χ0v) is 10.6. The topological polar surface area (TPSA) is 37.3 Å². The Morgan fingerprint density at radius 2 is 1.58 bits per heavy atom. The minimum Gasteiger partial charge on any atom is -0.388 e. The maximum atomic E-state index is 11.8. The van der Waals surface area contributed by atoms with E-state index in [-0.39, 0.29) is 5.78 Å². The summed E-state index contributed by atoms with van der Waals surface area (Å²) < 4.78 is 0. The highest BCUT2D eigenvalue weighted by Crippen LogP contribution is 2.16. The Labute approximate surface area is 113 Å². The highest BCUT2D eigenvalue weighted by Gasteiger charge is 2.05. The SMILES string of the molecule is O=C(/C=C/CC(O)c1ccccc1)c1ccccc1. The van der Waals surface area contributed by atoms with Gasteiger partial charge in [-0.05, 0) is 18.1 Å². The second-order valence-electron chi connectivity index (χ2n) is 4.29. The standard InChI is InChI=1S/C17H16O2/c18-16(14-8-3-1-4-9-14)12-7-13-17(19)15-10-5-2-6-11-15/h1-12,17,19H,13H2/b12-7+. The smallest absolute Gasteiger partial charge is 0.185 e. The molecular formula is C17H16O2. The number of aliphatic hydroxyl groups is 1. The van der Waals surface area contributed by atoms with Crippen molar-refractivity contribution in [1.29, 1.82) is 0 Å². The predicted octanol–water partition coefficient (Wildman–Crippen LogP) is 3.55. The molecule has 1 atom stereocenters. The Balaban J connectivity index is 1.92. The van der Waals surface area contributed by atoms with Crippen LogP contribution in [0.5, 0.6) is 0 Å². The van der Waals surface area contributed by atoms with Crippen LogP contribution in [0, 0.1) is 0 Å². The van der Waals surface area contributed by atoms with Crippen LogP contribution in [-0.4, -0.2) is 10.9 Å². The van der Waals surface area contributed by atoms with Crippen molar-refractivity contribution >= 4 is 5.78 Å². The highest BCUT2D eigenvalue weighted by molar-refractivity contribution is 6.04. The number of ketones is 1. The van der Waals surface area contributed by atoms with Gasteiger partial charge >= 0.3 is 0 Å². The van der Waals surface area contributed by atoms with Crippen LogP contribution in [0.15, 0.2) is 72.8 Å². The zero-order chi connectivity index (χ0) is 13.5. The predicted molar refractivity (Wildman–Crippen MR) is 75.9 cm³/mol. The first-order valence-electron chi connectivity index (χ1n) is 6.26. The summed E-state index contributed by atoms with van der Waals surface area (Å²) in [5.74, 6) is -0.0409. The maximum Gasteiger partial charge on any atom is 0.185 e. The van der Waals surface area contributed by atoms with Crippen molar-refractivity contribution < 1.29 is 9.90 Å². The minimum atomic E-state index is -0.568. The van der Waals surface area contributed by atoms with Crippen molar-refractivity contribution in [3.8, 4) is 0 Å². The second kappa shape index (κ2) is 6.66. The lowest BCUT2D eigenvalue weighted by molar-refractivity contribution is 0.104. The van der Waals surface area contributed by atoms with Crippen molar-refractivity contribution in [2.75, 3.05) is 0 Å². The average molecular weight is 252 g/mol. The lowest BCUT2D eigenvalue weighted by atomic mass is 10.1. The fraction of sp³-hybridized carbons (Fsp3) is 0.118. The number of carbonyl (C=O) groups excluding carboxylic acids is 1. The molecule has 0 bridgehead atoms. The van der Waals surface area contributed by atoms with E-state index < -0.39 is 6.10 Å². The molecule has 1 N–H and O–H groups in total. The Bertz CT molecular complexity index is 544. The first kappa shape index (κ1) is 13.2. The summed E-state index contributed by atoms with van der Waals surface area (Å²) in [4.78, 5) is 11.8. The van der Waals surface area contributed by atoms with Crippen molar-refractivity contribution in [1.82, 2.24) is 0 Å². The second-order valence-corrected chi connectivity index (χ2v) is 4.29. The summed E-state index contributed by atoms with van der Waals surface area (Å²) in [6.07, 6.45) is 3.10. The van der Waals surface area contributed by atoms with Crippen LogP contribution in [0.3, 0.4) is 0 Å². The first-order valence-corrected chi connectivity index (χ1v) is 6.26. The van der Waals surface area contributed by atoms with Gasteiger partial charge in [0.15, 0.2) is 5.78 Å². The monoisotopic (exact) mass is 252 g/mol. The molecule has 2 aromatic carbocycles. The van der Waals surface area contributed by atoms with Crippen molar-refractivity contribution in [2.24, 2.45) is 0 Å². The molecule has 2 rings (SSSR count). The molecule has 2 nitrogen and oxygen atoms in total. The van der Waals surface area contributed by atoms with Gasteiger partial charge in [0.2, 0.25) is 0 Å². The van der Waals surface area contributed by atoms with Gasteiger partial charge in [-0.15, -0.1) is 0 Å². The molecule has 2 heteroatoms. The third-order valence-electron chi connectivity index (χ3n) is 2.87. The molecule has 0 aliphatic carbocycles. The lowest BCUT2D eigenvalue weighted by Crippen LogP contribution is -1.97.